The summed E-state index contributed by atoms with van der Waals surface area (Å²) in [6, 6.07) is 18.9. The summed E-state index contributed by atoms with van der Waals surface area (Å²) in [5, 5.41) is 0. The molecule has 0 bridgehead atoms. The van der Waals surface area contributed by atoms with E-state index in [1.165, 1.54) is 12.1 Å². The molecule has 1 heterocycles. The molecule has 1 aliphatic carbocycles. The topological polar surface area (TPSA) is 65.1 Å². The number of aryl methyl sites for hydroxylation is 1. The highest BCUT2D eigenvalue weighted by molar-refractivity contribution is 5.89. The van der Waals surface area contributed by atoms with E-state index in [1.807, 2.05) is 49.4 Å². The van der Waals surface area contributed by atoms with Crippen LogP contribution in [0.3, 0.4) is 0 Å². The first-order valence-electron chi connectivity index (χ1n) is 14.1. The number of halogens is 1. The first kappa shape index (κ1) is 27.8. The fourth-order valence-corrected chi connectivity index (χ4v) is 5.65. The number of nitrogens with zero attached hydrogens (tertiary/aromatic N) is 1. The number of carbonyl (C=O) groups excluding carboxylic acids is 2. The summed E-state index contributed by atoms with van der Waals surface area (Å²) in [5.74, 6) is -0.434. The van der Waals surface area contributed by atoms with Gasteiger partial charge in [0.2, 0.25) is 0 Å². The van der Waals surface area contributed by atoms with Crippen molar-refractivity contribution in [3.8, 4) is 5.75 Å². The Labute approximate surface area is 235 Å². The van der Waals surface area contributed by atoms with Crippen LogP contribution in [0.25, 0.3) is 0 Å². The maximum absolute atomic E-state index is 14.2. The van der Waals surface area contributed by atoms with Crippen molar-refractivity contribution in [3.05, 3.63) is 100 Å². The Hall–Kier alpha value is -3.71. The van der Waals surface area contributed by atoms with E-state index in [2.05, 4.69) is 0 Å². The maximum Gasteiger partial charge on any atom is 0.329 e. The molecule has 2 atom stereocenters. The molecular formula is C33H36FNO5. The Morgan fingerprint density at radius 1 is 1.00 bits per heavy atom. The van der Waals surface area contributed by atoms with Crippen LogP contribution in [0.5, 0.6) is 5.75 Å². The Bertz CT molecular complexity index is 1320. The SMILES string of the molecule is CCOC(=O)[C@@H]1Cc2c(ccc(C)c2OCc2ccccc2)CN1C(=O)C(OC1CCCC1)c1ccc(F)cc1. The molecule has 2 aliphatic rings. The lowest BCUT2D eigenvalue weighted by Crippen LogP contribution is -2.51. The molecule has 0 saturated heterocycles. The fourth-order valence-electron chi connectivity index (χ4n) is 5.65. The van der Waals surface area contributed by atoms with Gasteiger partial charge in [0.05, 0.1) is 12.7 Å². The number of amides is 1. The number of hydrogen-bond donors (Lipinski definition) is 0. The summed E-state index contributed by atoms with van der Waals surface area (Å²) >= 11 is 0. The van der Waals surface area contributed by atoms with Crippen LogP contribution in [0.2, 0.25) is 0 Å². The van der Waals surface area contributed by atoms with E-state index in [0.29, 0.717) is 12.2 Å². The van der Waals surface area contributed by atoms with Gasteiger partial charge in [0, 0.05) is 18.5 Å². The molecule has 40 heavy (non-hydrogen) atoms. The van der Waals surface area contributed by atoms with Crippen LogP contribution in [0.1, 0.15) is 66.5 Å². The van der Waals surface area contributed by atoms with Crippen molar-refractivity contribution < 1.29 is 28.2 Å². The normalized spacial score (nSPS) is 17.8. The van der Waals surface area contributed by atoms with E-state index in [4.69, 9.17) is 14.2 Å². The van der Waals surface area contributed by atoms with Gasteiger partial charge in [0.25, 0.3) is 5.91 Å². The lowest BCUT2D eigenvalue weighted by molar-refractivity contribution is -0.163. The third-order valence-electron chi connectivity index (χ3n) is 7.76. The molecule has 0 spiro atoms. The van der Waals surface area contributed by atoms with Crippen LogP contribution in [0.4, 0.5) is 4.39 Å². The summed E-state index contributed by atoms with van der Waals surface area (Å²) < 4.78 is 31.9. The van der Waals surface area contributed by atoms with Crippen molar-refractivity contribution in [2.75, 3.05) is 6.61 Å². The van der Waals surface area contributed by atoms with Crippen LogP contribution in [-0.2, 0) is 38.6 Å². The van der Waals surface area contributed by atoms with Crippen molar-refractivity contribution in [1.29, 1.82) is 0 Å². The van der Waals surface area contributed by atoms with Crippen LogP contribution in [0, 0.1) is 12.7 Å². The minimum Gasteiger partial charge on any atom is -0.488 e. The molecule has 3 aromatic carbocycles. The smallest absolute Gasteiger partial charge is 0.329 e. The predicted molar refractivity (Wildman–Crippen MR) is 149 cm³/mol. The number of carbonyl (C=O) groups is 2. The van der Waals surface area contributed by atoms with Crippen molar-refractivity contribution in [2.24, 2.45) is 0 Å². The number of esters is 1. The average Bonchev–Trinajstić information content (AvgIpc) is 3.49. The molecule has 210 valence electrons. The third kappa shape index (κ3) is 6.20. The fraction of sp³-hybridized carbons (Fsp3) is 0.394. The summed E-state index contributed by atoms with van der Waals surface area (Å²) in [6.45, 7) is 4.55. The van der Waals surface area contributed by atoms with Crippen molar-refractivity contribution >= 4 is 11.9 Å². The number of fused-ring (bicyclic) bond motifs is 1. The summed E-state index contributed by atoms with van der Waals surface area (Å²) in [5.41, 5.74) is 4.41. The molecule has 1 saturated carbocycles. The highest BCUT2D eigenvalue weighted by Crippen LogP contribution is 2.37. The van der Waals surface area contributed by atoms with Crippen LogP contribution < -0.4 is 4.74 Å². The monoisotopic (exact) mass is 545 g/mol. The highest BCUT2D eigenvalue weighted by atomic mass is 19.1. The van der Waals surface area contributed by atoms with Gasteiger partial charge in [-0.3, -0.25) is 4.79 Å². The molecule has 6 nitrogen and oxygen atoms in total. The van der Waals surface area contributed by atoms with E-state index in [0.717, 1.165) is 53.7 Å². The number of rotatable bonds is 9. The number of hydrogen-bond acceptors (Lipinski definition) is 5. The maximum atomic E-state index is 14.2. The molecule has 1 amide bonds. The second-order valence-electron chi connectivity index (χ2n) is 10.5. The number of benzene rings is 3. The van der Waals surface area contributed by atoms with Gasteiger partial charge in [0.15, 0.2) is 6.10 Å². The van der Waals surface area contributed by atoms with Gasteiger partial charge < -0.3 is 19.1 Å². The van der Waals surface area contributed by atoms with Crippen LogP contribution >= 0.6 is 0 Å². The van der Waals surface area contributed by atoms with E-state index in [-0.39, 0.29) is 37.4 Å². The Morgan fingerprint density at radius 3 is 2.42 bits per heavy atom. The van der Waals surface area contributed by atoms with Crippen molar-refractivity contribution in [3.63, 3.8) is 0 Å². The van der Waals surface area contributed by atoms with Crippen molar-refractivity contribution in [1.82, 2.24) is 4.90 Å². The summed E-state index contributed by atoms with van der Waals surface area (Å²) in [7, 11) is 0. The van der Waals surface area contributed by atoms with Gasteiger partial charge in [-0.2, -0.15) is 0 Å². The zero-order valence-corrected chi connectivity index (χ0v) is 23.1. The van der Waals surface area contributed by atoms with Gasteiger partial charge in [-0.15, -0.1) is 0 Å². The number of ether oxygens (including phenoxy) is 3. The molecule has 1 unspecified atom stereocenters. The standard InChI is InChI=1S/C33H36FNO5/c1-3-38-33(37)29-19-28-25(14-13-22(2)30(28)39-21-23-9-5-4-6-10-23)20-35(29)32(36)31(40-27-11-7-8-12-27)24-15-17-26(34)18-16-24/h4-6,9-10,13-18,27,29,31H,3,7-8,11-12,19-21H2,1-2H3/t29-,31?/m0/s1. The van der Waals surface area contributed by atoms with Crippen LogP contribution in [0.15, 0.2) is 66.7 Å². The molecule has 5 rings (SSSR count). The minimum absolute atomic E-state index is 0.0576. The zero-order valence-electron chi connectivity index (χ0n) is 23.1. The van der Waals surface area contributed by atoms with Gasteiger partial charge in [-0.05, 0) is 61.1 Å². The Balaban J connectivity index is 1.47. The van der Waals surface area contributed by atoms with Crippen molar-refractivity contribution in [2.45, 2.75) is 77.4 Å². The molecule has 0 N–H and O–H groups in total. The largest absolute Gasteiger partial charge is 0.488 e. The van der Waals surface area contributed by atoms with E-state index >= 15 is 0 Å². The quantitative estimate of drug-likeness (QED) is 0.298. The van der Waals surface area contributed by atoms with E-state index in [9.17, 15) is 14.0 Å². The zero-order chi connectivity index (χ0) is 28.1. The van der Waals surface area contributed by atoms with Gasteiger partial charge in [0.1, 0.15) is 24.2 Å². The first-order chi connectivity index (χ1) is 19.4. The van der Waals surface area contributed by atoms with Gasteiger partial charge in [-0.25, -0.2) is 9.18 Å². The van der Waals surface area contributed by atoms with E-state index < -0.39 is 18.1 Å². The molecule has 1 aliphatic heterocycles. The third-order valence-corrected chi connectivity index (χ3v) is 7.76. The van der Waals surface area contributed by atoms with E-state index in [1.54, 1.807) is 24.0 Å². The minimum atomic E-state index is -0.943. The lowest BCUT2D eigenvalue weighted by Gasteiger charge is -2.38. The van der Waals surface area contributed by atoms with Gasteiger partial charge >= 0.3 is 5.97 Å². The Morgan fingerprint density at radius 2 is 1.73 bits per heavy atom. The summed E-state index contributed by atoms with van der Waals surface area (Å²) in [4.78, 5) is 29.1. The highest BCUT2D eigenvalue weighted by Gasteiger charge is 2.41. The molecule has 1 fully saturated rings. The predicted octanol–water partition coefficient (Wildman–Crippen LogP) is 6.23. The Kier molecular flexibility index (Phi) is 8.80. The second kappa shape index (κ2) is 12.6. The van der Waals surface area contributed by atoms with Crippen LogP contribution in [-0.4, -0.2) is 35.5 Å². The molecular weight excluding hydrogens is 509 g/mol. The molecule has 7 heteroatoms. The second-order valence-corrected chi connectivity index (χ2v) is 10.5. The molecule has 3 aromatic rings. The molecule has 0 radical (unpaired) electrons. The molecule has 0 aromatic heterocycles. The van der Waals surface area contributed by atoms with Gasteiger partial charge in [-0.1, -0.05) is 67.4 Å². The lowest BCUT2D eigenvalue weighted by atomic mass is 9.90. The average molecular weight is 546 g/mol. The summed E-state index contributed by atoms with van der Waals surface area (Å²) in [6.07, 6.45) is 3.10. The first-order valence-corrected chi connectivity index (χ1v) is 14.1.